The second kappa shape index (κ2) is 11.0. The van der Waals surface area contributed by atoms with Gasteiger partial charge in [0.15, 0.2) is 0 Å². The van der Waals surface area contributed by atoms with Crippen LogP contribution in [-0.2, 0) is 28.9 Å². The maximum absolute atomic E-state index is 12.9. The van der Waals surface area contributed by atoms with Gasteiger partial charge in [-0.15, -0.1) is 0 Å². The fourth-order valence-electron chi connectivity index (χ4n) is 4.07. The number of aromatic nitrogens is 2. The number of anilines is 1. The monoisotopic (exact) mass is 496 g/mol. The molecule has 1 fully saturated rings. The van der Waals surface area contributed by atoms with Crippen LogP contribution in [0.3, 0.4) is 0 Å². The van der Waals surface area contributed by atoms with Gasteiger partial charge in [-0.1, -0.05) is 35.0 Å². The smallest absolute Gasteiger partial charge is 0.348 e. The van der Waals surface area contributed by atoms with E-state index >= 15 is 0 Å². The lowest BCUT2D eigenvalue weighted by Crippen LogP contribution is -2.40. The maximum atomic E-state index is 12.9. The molecule has 172 valence electrons. The molecule has 32 heavy (non-hydrogen) atoms. The van der Waals surface area contributed by atoms with Gasteiger partial charge < -0.3 is 10.1 Å². The van der Waals surface area contributed by atoms with Crippen molar-refractivity contribution in [2.24, 2.45) is 0 Å². The van der Waals surface area contributed by atoms with Crippen LogP contribution >= 0.6 is 35.0 Å². The Morgan fingerprint density at radius 1 is 1.12 bits per heavy atom. The molecule has 2 aromatic rings. The first-order valence-corrected chi connectivity index (χ1v) is 12.6. The highest BCUT2D eigenvalue weighted by Gasteiger charge is 2.22. The largest absolute Gasteiger partial charge is 0.379 e. The highest BCUT2D eigenvalue weighted by Crippen LogP contribution is 2.29. The minimum Gasteiger partial charge on any atom is -0.379 e. The fraction of sp³-hybridized carbons (Fsp3) is 0.500. The van der Waals surface area contributed by atoms with E-state index in [1.165, 1.54) is 11.8 Å². The molecular formula is C22H26Cl2N4O3S. The molecule has 0 unspecified atom stereocenters. The van der Waals surface area contributed by atoms with E-state index in [0.29, 0.717) is 27.3 Å². The number of nitrogens with zero attached hydrogens (tertiary/aromatic N) is 3. The average molecular weight is 497 g/mol. The van der Waals surface area contributed by atoms with Crippen molar-refractivity contribution in [2.45, 2.75) is 37.3 Å². The molecule has 0 saturated carbocycles. The van der Waals surface area contributed by atoms with Crippen LogP contribution in [0.2, 0.25) is 10.0 Å². The van der Waals surface area contributed by atoms with Gasteiger partial charge in [0.1, 0.15) is 5.03 Å². The Hall–Kier alpha value is -1.58. The zero-order chi connectivity index (χ0) is 22.5. The van der Waals surface area contributed by atoms with Gasteiger partial charge in [0, 0.05) is 43.1 Å². The van der Waals surface area contributed by atoms with E-state index in [-0.39, 0.29) is 17.3 Å². The zero-order valence-electron chi connectivity index (χ0n) is 17.7. The number of halogens is 2. The van der Waals surface area contributed by atoms with Crippen molar-refractivity contribution in [1.82, 2.24) is 14.5 Å². The number of carbonyl (C=O) groups is 1. The number of morpholine rings is 1. The summed E-state index contributed by atoms with van der Waals surface area (Å²) in [5.74, 6) is -0.0204. The summed E-state index contributed by atoms with van der Waals surface area (Å²) >= 11 is 13.3. The second-order valence-corrected chi connectivity index (χ2v) is 9.68. The summed E-state index contributed by atoms with van der Waals surface area (Å²) in [6, 6.07) is 4.95. The van der Waals surface area contributed by atoms with Gasteiger partial charge in [-0.3, -0.25) is 14.3 Å². The quantitative estimate of drug-likeness (QED) is 0.466. The summed E-state index contributed by atoms with van der Waals surface area (Å²) in [5, 5.41) is 4.31. The highest BCUT2D eigenvalue weighted by atomic mass is 35.5. The van der Waals surface area contributed by atoms with E-state index in [4.69, 9.17) is 27.9 Å². The van der Waals surface area contributed by atoms with Crippen molar-refractivity contribution >= 4 is 46.6 Å². The lowest BCUT2D eigenvalue weighted by Gasteiger charge is -2.28. The van der Waals surface area contributed by atoms with Crippen molar-refractivity contribution in [3.8, 4) is 0 Å². The molecule has 1 saturated heterocycles. The summed E-state index contributed by atoms with van der Waals surface area (Å²) in [4.78, 5) is 32.0. The van der Waals surface area contributed by atoms with E-state index in [1.807, 2.05) is 4.57 Å². The van der Waals surface area contributed by atoms with Gasteiger partial charge in [-0.2, -0.15) is 4.98 Å². The first kappa shape index (κ1) is 23.6. The third-order valence-electron chi connectivity index (χ3n) is 5.74. The number of rotatable bonds is 7. The van der Waals surface area contributed by atoms with Gasteiger partial charge in [0.25, 0.3) is 0 Å². The molecule has 0 spiro atoms. The van der Waals surface area contributed by atoms with Gasteiger partial charge in [0.2, 0.25) is 5.91 Å². The minimum absolute atomic E-state index is 0.164. The first-order valence-electron chi connectivity index (χ1n) is 10.8. The molecule has 0 radical (unpaired) electrons. The van der Waals surface area contributed by atoms with Crippen LogP contribution < -0.4 is 11.0 Å². The van der Waals surface area contributed by atoms with Crippen LogP contribution in [-0.4, -0.2) is 59.0 Å². The average Bonchev–Trinajstić information content (AvgIpc) is 2.80. The molecule has 1 aliphatic carbocycles. The predicted octanol–water partition coefficient (Wildman–Crippen LogP) is 3.49. The van der Waals surface area contributed by atoms with Crippen molar-refractivity contribution in [2.75, 3.05) is 43.9 Å². The summed E-state index contributed by atoms with van der Waals surface area (Å²) in [5.41, 5.74) is 2.55. The van der Waals surface area contributed by atoms with E-state index in [0.717, 1.165) is 69.8 Å². The molecule has 1 N–H and O–H groups in total. The van der Waals surface area contributed by atoms with E-state index < -0.39 is 0 Å². The number of benzene rings is 1. The number of ether oxygens (including phenoxy) is 1. The lowest BCUT2D eigenvalue weighted by atomic mass is 9.97. The van der Waals surface area contributed by atoms with Gasteiger partial charge in [-0.25, -0.2) is 4.79 Å². The Labute approximate surface area is 201 Å². The number of amides is 1. The molecule has 10 heteroatoms. The molecule has 7 nitrogen and oxygen atoms in total. The standard InChI is InChI=1S/C22H26Cl2N4O3S/c23-17-6-5-15(13-18(17)24)25-20(29)14-32-21-16-3-1-2-4-19(16)28(22(30)26-21)8-7-27-9-11-31-12-10-27/h5-6,13H,1-4,7-12,14H2,(H,25,29). The van der Waals surface area contributed by atoms with Gasteiger partial charge >= 0.3 is 5.69 Å². The van der Waals surface area contributed by atoms with Gasteiger partial charge in [-0.05, 0) is 43.9 Å². The van der Waals surface area contributed by atoms with Crippen molar-refractivity contribution in [1.29, 1.82) is 0 Å². The first-order chi connectivity index (χ1) is 15.5. The SMILES string of the molecule is O=C(CSc1nc(=O)n(CCN2CCOCC2)c2c1CCCC2)Nc1ccc(Cl)c(Cl)c1. The molecule has 1 amide bonds. The van der Waals surface area contributed by atoms with Crippen molar-refractivity contribution < 1.29 is 9.53 Å². The Balaban J connectivity index is 1.44. The molecule has 1 aliphatic heterocycles. The summed E-state index contributed by atoms with van der Waals surface area (Å²) in [7, 11) is 0. The number of hydrogen-bond acceptors (Lipinski definition) is 6. The van der Waals surface area contributed by atoms with Gasteiger partial charge in [0.05, 0.1) is 29.0 Å². The third kappa shape index (κ3) is 5.85. The topological polar surface area (TPSA) is 76.5 Å². The molecule has 1 aromatic heterocycles. The third-order valence-corrected chi connectivity index (χ3v) is 7.49. The number of carbonyl (C=O) groups excluding carboxylic acids is 1. The van der Waals surface area contributed by atoms with E-state index in [9.17, 15) is 9.59 Å². The molecule has 1 aromatic carbocycles. The normalized spacial score (nSPS) is 16.6. The molecule has 2 heterocycles. The summed E-state index contributed by atoms with van der Waals surface area (Å²) in [6.45, 7) is 4.72. The molecule has 0 bridgehead atoms. The van der Waals surface area contributed by atoms with Crippen LogP contribution in [0.1, 0.15) is 24.1 Å². The van der Waals surface area contributed by atoms with Crippen LogP contribution in [0.4, 0.5) is 5.69 Å². The van der Waals surface area contributed by atoms with Crippen molar-refractivity contribution in [3.05, 3.63) is 50.0 Å². The Morgan fingerprint density at radius 2 is 1.91 bits per heavy atom. The molecule has 2 aliphatic rings. The number of hydrogen-bond donors (Lipinski definition) is 1. The number of fused-ring (bicyclic) bond motifs is 1. The highest BCUT2D eigenvalue weighted by molar-refractivity contribution is 8.00. The number of thioether (sulfide) groups is 1. The Morgan fingerprint density at radius 3 is 2.69 bits per heavy atom. The fourth-order valence-corrected chi connectivity index (χ4v) is 5.24. The minimum atomic E-state index is -0.230. The lowest BCUT2D eigenvalue weighted by molar-refractivity contribution is -0.113. The van der Waals surface area contributed by atoms with Crippen molar-refractivity contribution in [3.63, 3.8) is 0 Å². The second-order valence-electron chi connectivity index (χ2n) is 7.90. The van der Waals surface area contributed by atoms with Crippen LogP contribution in [0, 0.1) is 0 Å². The Bertz CT molecular complexity index is 1040. The van der Waals surface area contributed by atoms with E-state index in [2.05, 4.69) is 15.2 Å². The summed E-state index contributed by atoms with van der Waals surface area (Å²) < 4.78 is 7.24. The number of nitrogens with one attached hydrogen (secondary N) is 1. The Kier molecular flexibility index (Phi) is 8.12. The van der Waals surface area contributed by atoms with E-state index in [1.54, 1.807) is 18.2 Å². The predicted molar refractivity (Wildman–Crippen MR) is 128 cm³/mol. The molecule has 0 atom stereocenters. The van der Waals surface area contributed by atoms with Crippen LogP contribution in [0.5, 0.6) is 0 Å². The maximum Gasteiger partial charge on any atom is 0.348 e. The van der Waals surface area contributed by atoms with Crippen LogP contribution in [0.15, 0.2) is 28.0 Å². The molecule has 4 rings (SSSR count). The zero-order valence-corrected chi connectivity index (χ0v) is 20.1. The molecular weight excluding hydrogens is 471 g/mol. The van der Waals surface area contributed by atoms with Crippen LogP contribution in [0.25, 0.3) is 0 Å². The summed E-state index contributed by atoms with van der Waals surface area (Å²) in [6.07, 6.45) is 3.89.